The van der Waals surface area contributed by atoms with E-state index in [1.807, 2.05) is 6.92 Å². The molecule has 0 spiro atoms. The van der Waals surface area contributed by atoms with E-state index in [0.29, 0.717) is 12.6 Å². The average Bonchev–Trinajstić information content (AvgIpc) is 2.26. The fourth-order valence-electron chi connectivity index (χ4n) is 1.64. The number of quaternary nitrogens is 1. The van der Waals surface area contributed by atoms with Crippen LogP contribution in [0.25, 0.3) is 0 Å². The molecule has 0 aliphatic carbocycles. The van der Waals surface area contributed by atoms with Crippen molar-refractivity contribution in [2.24, 2.45) is 0 Å². The molecule has 0 aliphatic rings. The molecule has 0 radical (unpaired) electrons. The van der Waals surface area contributed by atoms with Gasteiger partial charge in [0.05, 0.1) is 33.8 Å². The van der Waals surface area contributed by atoms with Gasteiger partial charge in [-0.15, -0.1) is 0 Å². The Kier molecular flexibility index (Phi) is 8.73. The Hall–Kier alpha value is -0.830. The second-order valence-electron chi connectivity index (χ2n) is 5.84. The number of carbonyl (C=O) groups is 1. The van der Waals surface area contributed by atoms with Crippen molar-refractivity contribution >= 4 is 5.97 Å². The fourth-order valence-corrected chi connectivity index (χ4v) is 1.64. The summed E-state index contributed by atoms with van der Waals surface area (Å²) in [6.07, 6.45) is 9.04. The van der Waals surface area contributed by atoms with Crippen LogP contribution in [0.2, 0.25) is 0 Å². The molecule has 0 aliphatic heterocycles. The highest BCUT2D eigenvalue weighted by molar-refractivity contribution is 5.81. The highest BCUT2D eigenvalue weighted by Gasteiger charge is 2.16. The van der Waals surface area contributed by atoms with Crippen molar-refractivity contribution in [2.45, 2.75) is 52.0 Å². The number of rotatable bonds is 9. The molecule has 1 atom stereocenters. The van der Waals surface area contributed by atoms with E-state index in [2.05, 4.69) is 28.1 Å². The molecule has 0 fully saturated rings. The largest absolute Gasteiger partial charge is 0.463 e. The number of hydrogen-bond acceptors (Lipinski definition) is 2. The number of nitrogens with zero attached hydrogens (tertiary/aromatic N) is 1. The third kappa shape index (κ3) is 9.23. The molecule has 0 saturated heterocycles. The lowest BCUT2D eigenvalue weighted by Gasteiger charge is -2.31. The lowest BCUT2D eigenvalue weighted by molar-refractivity contribution is -0.894. The van der Waals surface area contributed by atoms with Crippen LogP contribution in [0.15, 0.2) is 12.2 Å². The van der Waals surface area contributed by atoms with Gasteiger partial charge in [0.1, 0.15) is 0 Å². The number of esters is 1. The minimum Gasteiger partial charge on any atom is -0.463 e. The molecule has 0 aromatic carbocycles. The molecule has 0 heterocycles. The lowest BCUT2D eigenvalue weighted by Crippen LogP contribution is -2.43. The first-order chi connectivity index (χ1) is 8.38. The van der Waals surface area contributed by atoms with Crippen LogP contribution < -0.4 is 0 Å². The van der Waals surface area contributed by atoms with Gasteiger partial charge in [0.25, 0.3) is 0 Å². The van der Waals surface area contributed by atoms with E-state index in [1.54, 1.807) is 6.08 Å². The molecule has 0 saturated carbocycles. The second-order valence-corrected chi connectivity index (χ2v) is 5.84. The number of unbranched alkanes of at least 4 members (excludes halogenated alkanes) is 3. The quantitative estimate of drug-likeness (QED) is 0.274. The first-order valence-corrected chi connectivity index (χ1v) is 6.98. The van der Waals surface area contributed by atoms with Gasteiger partial charge in [-0.2, -0.15) is 0 Å². The fraction of sp³-hybridized carbons (Fsp3) is 0.800. The van der Waals surface area contributed by atoms with Crippen LogP contribution >= 0.6 is 0 Å². The van der Waals surface area contributed by atoms with E-state index in [4.69, 9.17) is 4.74 Å². The van der Waals surface area contributed by atoms with Crippen LogP contribution in [0.3, 0.4) is 0 Å². The highest BCUT2D eigenvalue weighted by atomic mass is 16.5. The minimum atomic E-state index is -0.226. The number of carbonyl (C=O) groups excluding carboxylic acids is 1. The molecule has 18 heavy (non-hydrogen) atoms. The Morgan fingerprint density at radius 1 is 1.17 bits per heavy atom. The van der Waals surface area contributed by atoms with Gasteiger partial charge >= 0.3 is 5.97 Å². The number of ether oxygens (including phenoxy) is 1. The summed E-state index contributed by atoms with van der Waals surface area (Å²) in [6, 6.07) is 0.706. The standard InChI is InChI=1S/C15H30NO2/c1-6-11-15(17)18-13-10-8-7-9-12-14(2)16(3,4)5/h6,11,14H,7-10,12-13H2,1-5H3/q+1. The smallest absolute Gasteiger partial charge is 0.330 e. The van der Waals surface area contributed by atoms with Crippen LogP contribution in [0, 0.1) is 0 Å². The zero-order chi connectivity index (χ0) is 14.0. The molecule has 106 valence electrons. The molecule has 0 rings (SSSR count). The van der Waals surface area contributed by atoms with Crippen molar-refractivity contribution in [3.05, 3.63) is 12.2 Å². The van der Waals surface area contributed by atoms with Gasteiger partial charge in [-0.05, 0) is 33.1 Å². The van der Waals surface area contributed by atoms with E-state index < -0.39 is 0 Å². The SMILES string of the molecule is CC=CC(=O)OCCCCCCC(C)[N+](C)(C)C. The predicted molar refractivity (Wildman–Crippen MR) is 76.4 cm³/mol. The van der Waals surface area contributed by atoms with E-state index in [1.165, 1.54) is 25.3 Å². The molecule has 0 amide bonds. The van der Waals surface area contributed by atoms with Gasteiger partial charge in [-0.1, -0.05) is 18.9 Å². The summed E-state index contributed by atoms with van der Waals surface area (Å²) in [4.78, 5) is 11.0. The monoisotopic (exact) mass is 256 g/mol. The minimum absolute atomic E-state index is 0.226. The van der Waals surface area contributed by atoms with Gasteiger partial charge in [0.15, 0.2) is 0 Å². The average molecular weight is 256 g/mol. The summed E-state index contributed by atoms with van der Waals surface area (Å²) in [5.74, 6) is -0.226. The first-order valence-electron chi connectivity index (χ1n) is 6.98. The Morgan fingerprint density at radius 2 is 1.78 bits per heavy atom. The van der Waals surface area contributed by atoms with Gasteiger partial charge in [-0.3, -0.25) is 0 Å². The second kappa shape index (κ2) is 9.15. The molecule has 0 aromatic heterocycles. The summed E-state index contributed by atoms with van der Waals surface area (Å²) in [7, 11) is 6.72. The van der Waals surface area contributed by atoms with Crippen molar-refractivity contribution in [1.82, 2.24) is 0 Å². The molecule has 3 heteroatoms. The number of hydrogen-bond donors (Lipinski definition) is 0. The van der Waals surface area contributed by atoms with Crippen LogP contribution in [-0.2, 0) is 9.53 Å². The van der Waals surface area contributed by atoms with Gasteiger partial charge in [0.2, 0.25) is 0 Å². The highest BCUT2D eigenvalue weighted by Crippen LogP contribution is 2.12. The Labute approximate surface area is 112 Å². The summed E-state index contributed by atoms with van der Waals surface area (Å²) in [5, 5.41) is 0. The maximum atomic E-state index is 11.0. The van der Waals surface area contributed by atoms with Crippen molar-refractivity contribution in [3.8, 4) is 0 Å². The zero-order valence-corrected chi connectivity index (χ0v) is 12.7. The van der Waals surface area contributed by atoms with Crippen LogP contribution in [0.4, 0.5) is 0 Å². The molecule has 0 N–H and O–H groups in total. The lowest BCUT2D eigenvalue weighted by atomic mass is 10.1. The van der Waals surface area contributed by atoms with Crippen molar-refractivity contribution in [2.75, 3.05) is 27.7 Å². The zero-order valence-electron chi connectivity index (χ0n) is 12.7. The van der Waals surface area contributed by atoms with Crippen molar-refractivity contribution in [3.63, 3.8) is 0 Å². The van der Waals surface area contributed by atoms with Gasteiger partial charge in [-0.25, -0.2) is 4.79 Å². The normalized spacial score (nSPS) is 13.8. The molecule has 0 bridgehead atoms. The van der Waals surface area contributed by atoms with E-state index in [0.717, 1.165) is 17.3 Å². The van der Waals surface area contributed by atoms with E-state index >= 15 is 0 Å². The third-order valence-corrected chi connectivity index (χ3v) is 3.39. The third-order valence-electron chi connectivity index (χ3n) is 3.39. The van der Waals surface area contributed by atoms with Gasteiger partial charge in [0, 0.05) is 6.08 Å². The van der Waals surface area contributed by atoms with Crippen LogP contribution in [0.5, 0.6) is 0 Å². The molecular weight excluding hydrogens is 226 g/mol. The predicted octanol–water partition coefficient (Wildman–Crippen LogP) is 3.15. The summed E-state index contributed by atoms with van der Waals surface area (Å²) in [6.45, 7) is 4.67. The molecule has 0 aromatic rings. The summed E-state index contributed by atoms with van der Waals surface area (Å²) >= 11 is 0. The number of allylic oxidation sites excluding steroid dienone is 1. The van der Waals surface area contributed by atoms with E-state index in [9.17, 15) is 4.79 Å². The molecular formula is C15H30NO2+. The van der Waals surface area contributed by atoms with Crippen molar-refractivity contribution < 1.29 is 14.0 Å². The Bertz CT molecular complexity index is 254. The van der Waals surface area contributed by atoms with E-state index in [-0.39, 0.29) is 5.97 Å². The van der Waals surface area contributed by atoms with Crippen molar-refractivity contribution in [1.29, 1.82) is 0 Å². The topological polar surface area (TPSA) is 26.3 Å². The first kappa shape index (κ1) is 17.2. The Balaban J connectivity index is 3.39. The molecule has 1 unspecified atom stereocenters. The van der Waals surface area contributed by atoms with Crippen LogP contribution in [0.1, 0.15) is 46.0 Å². The maximum Gasteiger partial charge on any atom is 0.330 e. The van der Waals surface area contributed by atoms with Crippen LogP contribution in [-0.4, -0.2) is 44.2 Å². The maximum absolute atomic E-state index is 11.0. The summed E-state index contributed by atoms with van der Waals surface area (Å²) < 4.78 is 6.06. The summed E-state index contributed by atoms with van der Waals surface area (Å²) in [5.41, 5.74) is 0. The van der Waals surface area contributed by atoms with Gasteiger partial charge < -0.3 is 9.22 Å². The molecule has 3 nitrogen and oxygen atoms in total. The Morgan fingerprint density at radius 3 is 2.33 bits per heavy atom.